The normalized spacial score (nSPS) is 26.4. The molecule has 1 aliphatic carbocycles. The number of primary amides is 1. The van der Waals surface area contributed by atoms with Crippen LogP contribution < -0.4 is 11.1 Å². The van der Waals surface area contributed by atoms with Crippen molar-refractivity contribution in [3.8, 4) is 0 Å². The zero-order valence-electron chi connectivity index (χ0n) is 11.4. The Kier molecular flexibility index (Phi) is 4.57. The minimum atomic E-state index is -2.65. The number of halogens is 2. The average molecular weight is 289 g/mol. The quantitative estimate of drug-likeness (QED) is 0.791. The number of carbonyl (C=O) groups is 2. The maximum Gasteiger partial charge on any atom is 0.248 e. The first-order valence-electron chi connectivity index (χ1n) is 7.06. The summed E-state index contributed by atoms with van der Waals surface area (Å²) in [5.74, 6) is -3.82. The molecule has 2 amide bonds. The van der Waals surface area contributed by atoms with E-state index >= 15 is 0 Å². The molecule has 1 aliphatic heterocycles. The fourth-order valence-corrected chi connectivity index (χ4v) is 2.98. The highest BCUT2D eigenvalue weighted by Crippen LogP contribution is 2.37. The Morgan fingerprint density at radius 1 is 1.25 bits per heavy atom. The highest BCUT2D eigenvalue weighted by Gasteiger charge is 2.40. The van der Waals surface area contributed by atoms with Crippen molar-refractivity contribution < 1.29 is 18.4 Å². The van der Waals surface area contributed by atoms with Crippen LogP contribution in [0.4, 0.5) is 8.78 Å². The first-order chi connectivity index (χ1) is 9.39. The molecular weight excluding hydrogens is 268 g/mol. The van der Waals surface area contributed by atoms with Crippen molar-refractivity contribution >= 4 is 11.8 Å². The van der Waals surface area contributed by atoms with Gasteiger partial charge in [-0.25, -0.2) is 8.78 Å². The van der Waals surface area contributed by atoms with Crippen LogP contribution >= 0.6 is 0 Å². The van der Waals surface area contributed by atoms with E-state index in [-0.39, 0.29) is 44.2 Å². The van der Waals surface area contributed by atoms with E-state index in [1.807, 2.05) is 0 Å². The van der Waals surface area contributed by atoms with Crippen LogP contribution in [0.2, 0.25) is 0 Å². The third-order valence-electron chi connectivity index (χ3n) is 4.15. The molecule has 0 radical (unpaired) electrons. The van der Waals surface area contributed by atoms with Crippen molar-refractivity contribution in [3.05, 3.63) is 0 Å². The molecule has 1 saturated heterocycles. The van der Waals surface area contributed by atoms with Crippen LogP contribution in [0.15, 0.2) is 0 Å². The van der Waals surface area contributed by atoms with E-state index in [1.165, 1.54) is 4.90 Å². The highest BCUT2D eigenvalue weighted by atomic mass is 19.3. The molecule has 1 heterocycles. The lowest BCUT2D eigenvalue weighted by atomic mass is 9.85. The lowest BCUT2D eigenvalue weighted by Gasteiger charge is -2.34. The van der Waals surface area contributed by atoms with Crippen LogP contribution in [-0.4, -0.2) is 48.3 Å². The lowest BCUT2D eigenvalue weighted by molar-refractivity contribution is -0.144. The van der Waals surface area contributed by atoms with Crippen molar-refractivity contribution in [1.29, 1.82) is 0 Å². The van der Waals surface area contributed by atoms with E-state index in [2.05, 4.69) is 5.32 Å². The monoisotopic (exact) mass is 289 g/mol. The predicted molar refractivity (Wildman–Crippen MR) is 69.1 cm³/mol. The van der Waals surface area contributed by atoms with Gasteiger partial charge in [0.15, 0.2) is 0 Å². The van der Waals surface area contributed by atoms with Gasteiger partial charge >= 0.3 is 0 Å². The van der Waals surface area contributed by atoms with Gasteiger partial charge in [0, 0.05) is 31.3 Å². The summed E-state index contributed by atoms with van der Waals surface area (Å²) < 4.78 is 26.3. The van der Waals surface area contributed by atoms with Gasteiger partial charge in [0.2, 0.25) is 17.7 Å². The Morgan fingerprint density at radius 2 is 1.90 bits per heavy atom. The Labute approximate surface area is 116 Å². The molecule has 3 N–H and O–H groups in total. The highest BCUT2D eigenvalue weighted by molar-refractivity contribution is 5.85. The SMILES string of the molecule is NC(=O)CN(C(=O)C1CCC(F)(F)CC1)C1CCNC1. The van der Waals surface area contributed by atoms with E-state index in [1.54, 1.807) is 0 Å². The van der Waals surface area contributed by atoms with Gasteiger partial charge in [0.25, 0.3) is 0 Å². The predicted octanol–water partition coefficient (Wildman–Crippen LogP) is 0.488. The van der Waals surface area contributed by atoms with Gasteiger partial charge in [0.05, 0.1) is 6.54 Å². The van der Waals surface area contributed by atoms with E-state index < -0.39 is 17.7 Å². The zero-order valence-corrected chi connectivity index (χ0v) is 11.4. The summed E-state index contributed by atoms with van der Waals surface area (Å²) in [7, 11) is 0. The minimum Gasteiger partial charge on any atom is -0.368 e. The topological polar surface area (TPSA) is 75.4 Å². The number of nitrogens with zero attached hydrogens (tertiary/aromatic N) is 1. The molecule has 0 bridgehead atoms. The van der Waals surface area contributed by atoms with Crippen LogP contribution in [0, 0.1) is 5.92 Å². The van der Waals surface area contributed by atoms with Crippen molar-refractivity contribution in [1.82, 2.24) is 10.2 Å². The molecule has 0 aromatic heterocycles. The number of amides is 2. The molecule has 1 saturated carbocycles. The molecule has 2 fully saturated rings. The average Bonchev–Trinajstić information content (AvgIpc) is 2.88. The molecular formula is C13H21F2N3O2. The summed E-state index contributed by atoms with van der Waals surface area (Å²) in [5, 5.41) is 3.13. The van der Waals surface area contributed by atoms with Gasteiger partial charge < -0.3 is 16.0 Å². The number of hydrogen-bond donors (Lipinski definition) is 2. The Bertz CT molecular complexity index is 374. The van der Waals surface area contributed by atoms with Crippen LogP contribution in [-0.2, 0) is 9.59 Å². The standard InChI is InChI=1S/C13H21F2N3O2/c14-13(15)4-1-9(2-5-13)12(20)18(8-11(16)19)10-3-6-17-7-10/h9-10,17H,1-8H2,(H2,16,19). The molecule has 1 unspecified atom stereocenters. The fourth-order valence-electron chi connectivity index (χ4n) is 2.98. The second kappa shape index (κ2) is 6.03. The van der Waals surface area contributed by atoms with Crippen LogP contribution in [0.25, 0.3) is 0 Å². The van der Waals surface area contributed by atoms with E-state index in [4.69, 9.17) is 5.73 Å². The summed E-state index contributed by atoms with van der Waals surface area (Å²) in [4.78, 5) is 25.1. The number of hydrogen-bond acceptors (Lipinski definition) is 3. The molecule has 0 aromatic rings. The largest absolute Gasteiger partial charge is 0.368 e. The lowest BCUT2D eigenvalue weighted by Crippen LogP contribution is -2.49. The van der Waals surface area contributed by atoms with Gasteiger partial charge in [-0.15, -0.1) is 0 Å². The molecule has 2 aliphatic rings. The first-order valence-corrected chi connectivity index (χ1v) is 7.06. The second-order valence-corrected chi connectivity index (χ2v) is 5.71. The molecule has 114 valence electrons. The third kappa shape index (κ3) is 3.65. The molecule has 0 spiro atoms. The van der Waals surface area contributed by atoms with Gasteiger partial charge in [0.1, 0.15) is 0 Å². The summed E-state index contributed by atoms with van der Waals surface area (Å²) in [6.07, 6.45) is 0.623. The van der Waals surface area contributed by atoms with E-state index in [9.17, 15) is 18.4 Å². The van der Waals surface area contributed by atoms with Crippen molar-refractivity contribution in [2.45, 2.75) is 44.1 Å². The van der Waals surface area contributed by atoms with Crippen molar-refractivity contribution in [3.63, 3.8) is 0 Å². The molecule has 7 heteroatoms. The maximum absolute atomic E-state index is 13.1. The van der Waals surface area contributed by atoms with Gasteiger partial charge in [-0.3, -0.25) is 9.59 Å². The van der Waals surface area contributed by atoms with Crippen molar-refractivity contribution in [2.75, 3.05) is 19.6 Å². The van der Waals surface area contributed by atoms with Crippen LogP contribution in [0.5, 0.6) is 0 Å². The fraction of sp³-hybridized carbons (Fsp3) is 0.846. The smallest absolute Gasteiger partial charge is 0.248 e. The Hall–Kier alpha value is -1.24. The Balaban J connectivity index is 2.00. The second-order valence-electron chi connectivity index (χ2n) is 5.71. The van der Waals surface area contributed by atoms with E-state index in [0.717, 1.165) is 13.0 Å². The summed E-state index contributed by atoms with van der Waals surface area (Å²) >= 11 is 0. The zero-order chi connectivity index (χ0) is 14.8. The van der Waals surface area contributed by atoms with Gasteiger partial charge in [-0.2, -0.15) is 0 Å². The van der Waals surface area contributed by atoms with Crippen LogP contribution in [0.3, 0.4) is 0 Å². The molecule has 5 nitrogen and oxygen atoms in total. The molecule has 0 aromatic carbocycles. The summed E-state index contributed by atoms with van der Waals surface area (Å²) in [6.45, 7) is 1.29. The van der Waals surface area contributed by atoms with Gasteiger partial charge in [-0.05, 0) is 25.8 Å². The first kappa shape index (κ1) is 15.2. The van der Waals surface area contributed by atoms with Gasteiger partial charge in [-0.1, -0.05) is 0 Å². The van der Waals surface area contributed by atoms with Crippen molar-refractivity contribution in [2.24, 2.45) is 11.7 Å². The number of alkyl halides is 2. The number of carbonyl (C=O) groups excluding carboxylic acids is 2. The maximum atomic E-state index is 13.1. The summed E-state index contributed by atoms with van der Waals surface area (Å²) in [5.41, 5.74) is 5.20. The summed E-state index contributed by atoms with van der Waals surface area (Å²) in [6, 6.07) is -0.0579. The number of nitrogens with two attached hydrogens (primary N) is 1. The van der Waals surface area contributed by atoms with Crippen LogP contribution in [0.1, 0.15) is 32.1 Å². The molecule has 20 heavy (non-hydrogen) atoms. The molecule has 2 rings (SSSR count). The third-order valence-corrected chi connectivity index (χ3v) is 4.15. The Morgan fingerprint density at radius 3 is 2.40 bits per heavy atom. The molecule has 1 atom stereocenters. The minimum absolute atomic E-state index is 0.0579. The van der Waals surface area contributed by atoms with E-state index in [0.29, 0.717) is 6.54 Å². The number of nitrogens with one attached hydrogen (secondary N) is 1. The number of rotatable bonds is 4.